The van der Waals surface area contributed by atoms with Gasteiger partial charge in [-0.05, 0) is 37.5 Å². The minimum atomic E-state index is -3.28. The predicted molar refractivity (Wildman–Crippen MR) is 77.7 cm³/mol. The van der Waals surface area contributed by atoms with Crippen molar-refractivity contribution in [2.75, 3.05) is 6.54 Å². The van der Waals surface area contributed by atoms with Crippen LogP contribution in [-0.2, 0) is 16.6 Å². The molecular formula is C13H19ClN2O2S. The van der Waals surface area contributed by atoms with Crippen molar-refractivity contribution < 1.29 is 8.42 Å². The summed E-state index contributed by atoms with van der Waals surface area (Å²) in [5, 5.41) is 3.45. The quantitative estimate of drug-likeness (QED) is 0.809. The third kappa shape index (κ3) is 4.76. The van der Waals surface area contributed by atoms with Crippen LogP contribution in [-0.4, -0.2) is 26.3 Å². The topological polar surface area (TPSA) is 58.2 Å². The number of sulfonamides is 1. The molecule has 4 nitrogen and oxygen atoms in total. The highest BCUT2D eigenvalue weighted by atomic mass is 35.5. The third-order valence-corrected chi connectivity index (χ3v) is 5.22. The van der Waals surface area contributed by atoms with E-state index in [-0.39, 0.29) is 0 Å². The summed E-state index contributed by atoms with van der Waals surface area (Å²) in [5.74, 6) is 0. The molecule has 2 rings (SSSR count). The van der Waals surface area contributed by atoms with Crippen molar-refractivity contribution in [3.63, 3.8) is 0 Å². The average Bonchev–Trinajstić information content (AvgIpc) is 3.19. The first-order valence-electron chi connectivity index (χ1n) is 6.43. The summed E-state index contributed by atoms with van der Waals surface area (Å²) in [6.07, 6.45) is 2.32. The summed E-state index contributed by atoms with van der Waals surface area (Å²) in [7, 11) is -3.28. The van der Waals surface area contributed by atoms with Crippen molar-refractivity contribution in [1.82, 2.24) is 10.0 Å². The van der Waals surface area contributed by atoms with Crippen molar-refractivity contribution >= 4 is 21.6 Å². The van der Waals surface area contributed by atoms with Crippen LogP contribution in [0.25, 0.3) is 0 Å². The molecule has 106 valence electrons. The first-order valence-corrected chi connectivity index (χ1v) is 8.36. The molecule has 1 fully saturated rings. The monoisotopic (exact) mass is 302 g/mol. The summed E-state index contributed by atoms with van der Waals surface area (Å²) in [5.41, 5.74) is 0.898. The zero-order valence-corrected chi connectivity index (χ0v) is 12.5. The number of nitrogens with one attached hydrogen (secondary N) is 2. The second-order valence-electron chi connectivity index (χ2n) is 4.99. The number of hydrogen-bond donors (Lipinski definition) is 2. The molecule has 6 heteroatoms. The molecule has 0 amide bonds. The van der Waals surface area contributed by atoms with Gasteiger partial charge in [0.15, 0.2) is 0 Å². The fraction of sp³-hybridized carbons (Fsp3) is 0.538. The second-order valence-corrected chi connectivity index (χ2v) is 7.61. The molecule has 0 radical (unpaired) electrons. The van der Waals surface area contributed by atoms with Crippen molar-refractivity contribution in [2.45, 2.75) is 37.6 Å². The Balaban J connectivity index is 1.83. The fourth-order valence-electron chi connectivity index (χ4n) is 1.66. The Kier molecular flexibility index (Phi) is 4.84. The fourth-order valence-corrected chi connectivity index (χ4v) is 2.75. The number of halogens is 1. The van der Waals surface area contributed by atoms with Gasteiger partial charge in [-0.1, -0.05) is 23.7 Å². The van der Waals surface area contributed by atoms with Crippen molar-refractivity contribution in [1.29, 1.82) is 0 Å². The van der Waals surface area contributed by atoms with Gasteiger partial charge in [-0.3, -0.25) is 0 Å². The maximum atomic E-state index is 12.0. The van der Waals surface area contributed by atoms with Gasteiger partial charge in [0.25, 0.3) is 0 Å². The summed E-state index contributed by atoms with van der Waals surface area (Å²) >= 11 is 5.78. The Bertz CT molecular complexity index is 512. The molecule has 1 aromatic rings. The van der Waals surface area contributed by atoms with E-state index >= 15 is 0 Å². The molecular weight excluding hydrogens is 284 g/mol. The molecule has 0 aromatic heterocycles. The van der Waals surface area contributed by atoms with Gasteiger partial charge in [0.05, 0.1) is 5.25 Å². The van der Waals surface area contributed by atoms with E-state index in [1.165, 1.54) is 0 Å². The van der Waals surface area contributed by atoms with Crippen LogP contribution in [0.15, 0.2) is 24.3 Å². The van der Waals surface area contributed by atoms with E-state index in [1.54, 1.807) is 19.1 Å². The van der Waals surface area contributed by atoms with Crippen LogP contribution >= 0.6 is 11.6 Å². The largest absolute Gasteiger partial charge is 0.313 e. The van der Waals surface area contributed by atoms with Crippen LogP contribution < -0.4 is 10.0 Å². The molecule has 1 aliphatic carbocycles. The summed E-state index contributed by atoms with van der Waals surface area (Å²) in [6.45, 7) is 2.52. The molecule has 1 aromatic carbocycles. The van der Waals surface area contributed by atoms with Crippen LogP contribution in [0.4, 0.5) is 0 Å². The Morgan fingerprint density at radius 1 is 1.32 bits per heavy atom. The van der Waals surface area contributed by atoms with E-state index in [0.717, 1.165) is 18.4 Å². The van der Waals surface area contributed by atoms with E-state index in [9.17, 15) is 8.42 Å². The molecule has 2 N–H and O–H groups in total. The Morgan fingerprint density at radius 3 is 2.53 bits per heavy atom. The highest BCUT2D eigenvalue weighted by Crippen LogP contribution is 2.18. The molecule has 1 saturated carbocycles. The minimum Gasteiger partial charge on any atom is -0.313 e. The lowest BCUT2D eigenvalue weighted by atomic mass is 10.2. The molecule has 0 aliphatic heterocycles. The van der Waals surface area contributed by atoms with Crippen LogP contribution in [0.2, 0.25) is 5.02 Å². The van der Waals surface area contributed by atoms with Crippen LogP contribution in [0, 0.1) is 0 Å². The number of benzene rings is 1. The predicted octanol–water partition coefficient (Wildman–Crippen LogP) is 1.90. The third-order valence-electron chi connectivity index (χ3n) is 3.19. The van der Waals surface area contributed by atoms with Crippen molar-refractivity contribution in [3.8, 4) is 0 Å². The normalized spacial score (nSPS) is 17.4. The van der Waals surface area contributed by atoms with E-state index in [0.29, 0.717) is 24.2 Å². The summed E-state index contributed by atoms with van der Waals surface area (Å²) < 4.78 is 26.7. The molecule has 1 atom stereocenters. The maximum absolute atomic E-state index is 12.0. The van der Waals surface area contributed by atoms with Crippen LogP contribution in [0.5, 0.6) is 0 Å². The minimum absolute atomic E-state index is 0.299. The van der Waals surface area contributed by atoms with Gasteiger partial charge in [0.2, 0.25) is 10.0 Å². The van der Waals surface area contributed by atoms with Gasteiger partial charge >= 0.3 is 0 Å². The lowest BCUT2D eigenvalue weighted by molar-refractivity contribution is 0.557. The molecule has 0 heterocycles. The average molecular weight is 303 g/mol. The Hall–Kier alpha value is -0.620. The van der Waals surface area contributed by atoms with E-state index in [1.807, 2.05) is 12.1 Å². The first kappa shape index (κ1) is 14.8. The Labute approximate surface area is 119 Å². The summed E-state index contributed by atoms with van der Waals surface area (Å²) in [6, 6.07) is 7.66. The van der Waals surface area contributed by atoms with Crippen LogP contribution in [0.3, 0.4) is 0 Å². The van der Waals surface area contributed by atoms with Gasteiger partial charge < -0.3 is 5.32 Å². The highest BCUT2D eigenvalue weighted by molar-refractivity contribution is 7.90. The van der Waals surface area contributed by atoms with Gasteiger partial charge in [-0.2, -0.15) is 0 Å². The van der Waals surface area contributed by atoms with Crippen molar-refractivity contribution in [2.24, 2.45) is 0 Å². The lowest BCUT2D eigenvalue weighted by Crippen LogP contribution is -2.39. The molecule has 0 bridgehead atoms. The molecule has 0 saturated heterocycles. The zero-order valence-electron chi connectivity index (χ0n) is 10.9. The standard InChI is InChI=1S/C13H19ClN2O2S/c1-10(8-15-13-6-7-13)19(17,18)16-9-11-2-4-12(14)5-3-11/h2-5,10,13,15-16H,6-9H2,1H3. The van der Waals surface area contributed by atoms with Gasteiger partial charge in [0.1, 0.15) is 0 Å². The second kappa shape index (κ2) is 6.22. The molecule has 0 spiro atoms. The van der Waals surface area contributed by atoms with Gasteiger partial charge in [0, 0.05) is 24.2 Å². The highest BCUT2D eigenvalue weighted by Gasteiger charge is 2.25. The molecule has 19 heavy (non-hydrogen) atoms. The molecule has 1 aliphatic rings. The summed E-state index contributed by atoms with van der Waals surface area (Å²) in [4.78, 5) is 0. The molecule has 1 unspecified atom stereocenters. The van der Waals surface area contributed by atoms with E-state index in [4.69, 9.17) is 11.6 Å². The number of rotatable bonds is 7. The van der Waals surface area contributed by atoms with Gasteiger partial charge in [-0.25, -0.2) is 13.1 Å². The Morgan fingerprint density at radius 2 is 1.95 bits per heavy atom. The van der Waals surface area contributed by atoms with Crippen LogP contribution in [0.1, 0.15) is 25.3 Å². The first-order chi connectivity index (χ1) is 8.97. The smallest absolute Gasteiger partial charge is 0.215 e. The van der Waals surface area contributed by atoms with E-state index in [2.05, 4.69) is 10.0 Å². The SMILES string of the molecule is CC(CNC1CC1)S(=O)(=O)NCc1ccc(Cl)cc1. The lowest BCUT2D eigenvalue weighted by Gasteiger charge is -2.14. The number of hydrogen-bond acceptors (Lipinski definition) is 3. The van der Waals surface area contributed by atoms with E-state index < -0.39 is 15.3 Å². The van der Waals surface area contributed by atoms with Gasteiger partial charge in [-0.15, -0.1) is 0 Å². The zero-order chi connectivity index (χ0) is 13.9. The maximum Gasteiger partial charge on any atom is 0.215 e. The van der Waals surface area contributed by atoms with Crippen molar-refractivity contribution in [3.05, 3.63) is 34.9 Å².